The van der Waals surface area contributed by atoms with Gasteiger partial charge in [-0.1, -0.05) is 17.7 Å². The van der Waals surface area contributed by atoms with E-state index in [1.54, 1.807) is 31.1 Å². The summed E-state index contributed by atoms with van der Waals surface area (Å²) in [7, 11) is -1.98. The maximum Gasteiger partial charge on any atom is 0.248 e. The van der Waals surface area contributed by atoms with E-state index in [9.17, 15) is 13.2 Å². The Balaban J connectivity index is 1.85. The van der Waals surface area contributed by atoms with Crippen LogP contribution in [-0.2, 0) is 24.3 Å². The van der Waals surface area contributed by atoms with Crippen LogP contribution in [0.5, 0.6) is 0 Å². The molecule has 1 N–H and O–H groups in total. The second-order valence-corrected chi connectivity index (χ2v) is 8.27. The number of rotatable bonds is 8. The van der Waals surface area contributed by atoms with Crippen LogP contribution in [0.2, 0.25) is 0 Å². The molecular formula is C18H28N2O5S. The Morgan fingerprint density at radius 3 is 2.54 bits per heavy atom. The van der Waals surface area contributed by atoms with Crippen LogP contribution in [0.15, 0.2) is 23.1 Å². The minimum atomic E-state index is -3.56. The number of hydrogen-bond donors (Lipinski definition) is 1. The Labute approximate surface area is 155 Å². The number of carbonyl (C=O) groups excluding carboxylic acids is 1. The lowest BCUT2D eigenvalue weighted by Crippen LogP contribution is -2.47. The van der Waals surface area contributed by atoms with Crippen molar-refractivity contribution in [2.75, 3.05) is 40.0 Å². The topological polar surface area (TPSA) is 84.9 Å². The molecule has 1 aliphatic heterocycles. The summed E-state index contributed by atoms with van der Waals surface area (Å²) < 4.78 is 38.1. The number of nitrogens with zero attached hydrogens (tertiary/aromatic N) is 1. The first-order chi connectivity index (χ1) is 12.3. The van der Waals surface area contributed by atoms with Crippen molar-refractivity contribution < 1.29 is 22.7 Å². The quantitative estimate of drug-likeness (QED) is 0.682. The van der Waals surface area contributed by atoms with Crippen LogP contribution in [0.25, 0.3) is 0 Å². The minimum Gasteiger partial charge on any atom is -0.382 e. The van der Waals surface area contributed by atoms with Gasteiger partial charge in [0, 0.05) is 26.2 Å². The standard InChI is InChI=1S/C18H28N2O5S/c1-14-4-5-17(15(2)12-14)26(22,23)19-16-6-8-20(9-7-16)18(21)13-25-11-10-24-3/h4-5,12,16,19H,6-11,13H2,1-3H3. The Morgan fingerprint density at radius 1 is 1.23 bits per heavy atom. The zero-order valence-corrected chi connectivity index (χ0v) is 16.5. The van der Waals surface area contributed by atoms with E-state index in [2.05, 4.69) is 4.72 Å². The van der Waals surface area contributed by atoms with Crippen molar-refractivity contribution >= 4 is 15.9 Å². The molecule has 26 heavy (non-hydrogen) atoms. The van der Waals surface area contributed by atoms with Crippen LogP contribution < -0.4 is 4.72 Å². The van der Waals surface area contributed by atoms with E-state index >= 15 is 0 Å². The predicted molar refractivity (Wildman–Crippen MR) is 98.5 cm³/mol. The summed E-state index contributed by atoms with van der Waals surface area (Å²) in [5, 5.41) is 0. The number of likely N-dealkylation sites (tertiary alicyclic amines) is 1. The SMILES string of the molecule is COCCOCC(=O)N1CCC(NS(=O)(=O)c2ccc(C)cc2C)CC1. The molecule has 0 saturated carbocycles. The molecule has 1 aromatic rings. The molecule has 1 aromatic carbocycles. The first-order valence-electron chi connectivity index (χ1n) is 8.77. The summed E-state index contributed by atoms with van der Waals surface area (Å²) in [6.45, 7) is 5.64. The van der Waals surface area contributed by atoms with E-state index in [1.165, 1.54) is 0 Å². The fourth-order valence-corrected chi connectivity index (χ4v) is 4.56. The number of nitrogens with one attached hydrogen (secondary N) is 1. The molecular weight excluding hydrogens is 356 g/mol. The number of ether oxygens (including phenoxy) is 2. The molecule has 1 fully saturated rings. The number of amides is 1. The molecule has 1 aliphatic rings. The highest BCUT2D eigenvalue weighted by molar-refractivity contribution is 7.89. The Bertz CT molecular complexity index is 712. The maximum absolute atomic E-state index is 12.6. The van der Waals surface area contributed by atoms with Gasteiger partial charge in [0.05, 0.1) is 18.1 Å². The number of carbonyl (C=O) groups is 1. The van der Waals surface area contributed by atoms with Gasteiger partial charge in [-0.3, -0.25) is 4.79 Å². The van der Waals surface area contributed by atoms with Crippen LogP contribution in [0.4, 0.5) is 0 Å². The van der Waals surface area contributed by atoms with Gasteiger partial charge in [0.1, 0.15) is 6.61 Å². The largest absolute Gasteiger partial charge is 0.382 e. The molecule has 0 unspecified atom stereocenters. The zero-order valence-electron chi connectivity index (χ0n) is 15.7. The maximum atomic E-state index is 12.6. The molecule has 1 saturated heterocycles. The van der Waals surface area contributed by atoms with Gasteiger partial charge in [0.15, 0.2) is 0 Å². The molecule has 0 aromatic heterocycles. The zero-order chi connectivity index (χ0) is 19.2. The summed E-state index contributed by atoms with van der Waals surface area (Å²) in [4.78, 5) is 14.1. The fraction of sp³-hybridized carbons (Fsp3) is 0.611. The Morgan fingerprint density at radius 2 is 1.92 bits per heavy atom. The van der Waals surface area contributed by atoms with Crippen molar-refractivity contribution in [2.45, 2.75) is 37.6 Å². The Hall–Kier alpha value is -1.48. The van der Waals surface area contributed by atoms with Crippen molar-refractivity contribution in [3.8, 4) is 0 Å². The van der Waals surface area contributed by atoms with Gasteiger partial charge in [-0.15, -0.1) is 0 Å². The van der Waals surface area contributed by atoms with Crippen molar-refractivity contribution in [3.63, 3.8) is 0 Å². The average Bonchev–Trinajstić information content (AvgIpc) is 2.58. The van der Waals surface area contributed by atoms with Gasteiger partial charge < -0.3 is 14.4 Å². The lowest BCUT2D eigenvalue weighted by atomic mass is 10.1. The molecule has 0 radical (unpaired) electrons. The third-order valence-corrected chi connectivity index (χ3v) is 6.13. The highest BCUT2D eigenvalue weighted by Crippen LogP contribution is 2.19. The molecule has 7 nitrogen and oxygen atoms in total. The van der Waals surface area contributed by atoms with E-state index in [0.717, 1.165) is 11.1 Å². The molecule has 1 heterocycles. The normalized spacial score (nSPS) is 16.0. The van der Waals surface area contributed by atoms with E-state index in [0.29, 0.717) is 44.0 Å². The minimum absolute atomic E-state index is 0.0301. The highest BCUT2D eigenvalue weighted by atomic mass is 32.2. The van der Waals surface area contributed by atoms with E-state index in [1.807, 2.05) is 13.0 Å². The van der Waals surface area contributed by atoms with Gasteiger partial charge in [-0.05, 0) is 38.3 Å². The highest BCUT2D eigenvalue weighted by Gasteiger charge is 2.27. The number of methoxy groups -OCH3 is 1. The number of sulfonamides is 1. The van der Waals surface area contributed by atoms with Crippen LogP contribution in [0.3, 0.4) is 0 Å². The lowest BCUT2D eigenvalue weighted by molar-refractivity contribution is -0.137. The smallest absolute Gasteiger partial charge is 0.248 e. The summed E-state index contributed by atoms with van der Waals surface area (Å²) in [6, 6.07) is 5.13. The first-order valence-corrected chi connectivity index (χ1v) is 10.3. The molecule has 0 atom stereocenters. The van der Waals surface area contributed by atoms with Crippen molar-refractivity contribution in [1.82, 2.24) is 9.62 Å². The van der Waals surface area contributed by atoms with Crippen LogP contribution in [0, 0.1) is 13.8 Å². The van der Waals surface area contributed by atoms with Gasteiger partial charge in [0.25, 0.3) is 0 Å². The van der Waals surface area contributed by atoms with Gasteiger partial charge in [-0.25, -0.2) is 13.1 Å². The van der Waals surface area contributed by atoms with Crippen molar-refractivity contribution in [3.05, 3.63) is 29.3 Å². The summed E-state index contributed by atoms with van der Waals surface area (Å²) in [6.07, 6.45) is 1.18. The van der Waals surface area contributed by atoms with E-state index < -0.39 is 10.0 Å². The number of hydrogen-bond acceptors (Lipinski definition) is 5. The second-order valence-electron chi connectivity index (χ2n) is 6.59. The van der Waals surface area contributed by atoms with Crippen LogP contribution >= 0.6 is 0 Å². The number of benzene rings is 1. The van der Waals surface area contributed by atoms with Gasteiger partial charge >= 0.3 is 0 Å². The van der Waals surface area contributed by atoms with Crippen LogP contribution in [0.1, 0.15) is 24.0 Å². The summed E-state index contributed by atoms with van der Waals surface area (Å²) in [5.74, 6) is -0.0724. The van der Waals surface area contributed by atoms with Gasteiger partial charge in [-0.2, -0.15) is 0 Å². The second kappa shape index (κ2) is 9.45. The summed E-state index contributed by atoms with van der Waals surface area (Å²) >= 11 is 0. The van der Waals surface area contributed by atoms with E-state index in [-0.39, 0.29) is 18.6 Å². The summed E-state index contributed by atoms with van der Waals surface area (Å²) in [5.41, 5.74) is 1.76. The predicted octanol–water partition coefficient (Wildman–Crippen LogP) is 1.24. The number of piperidine rings is 1. The third-order valence-electron chi connectivity index (χ3n) is 4.45. The van der Waals surface area contributed by atoms with Crippen LogP contribution in [-0.4, -0.2) is 65.3 Å². The van der Waals surface area contributed by atoms with Crippen molar-refractivity contribution in [1.29, 1.82) is 0 Å². The molecule has 0 spiro atoms. The molecule has 2 rings (SSSR count). The number of aryl methyl sites for hydroxylation is 2. The lowest BCUT2D eigenvalue weighted by Gasteiger charge is -2.32. The molecule has 1 amide bonds. The molecule has 0 aliphatic carbocycles. The monoisotopic (exact) mass is 384 g/mol. The third kappa shape index (κ3) is 5.77. The first kappa shape index (κ1) is 20.8. The fourth-order valence-electron chi connectivity index (χ4n) is 3.02. The van der Waals surface area contributed by atoms with Gasteiger partial charge in [0.2, 0.25) is 15.9 Å². The van der Waals surface area contributed by atoms with Crippen molar-refractivity contribution in [2.24, 2.45) is 0 Å². The van der Waals surface area contributed by atoms with E-state index in [4.69, 9.17) is 9.47 Å². The average molecular weight is 384 g/mol. The molecule has 0 bridgehead atoms. The molecule has 146 valence electrons. The Kier molecular flexibility index (Phi) is 7.57. The molecule has 8 heteroatoms.